The summed E-state index contributed by atoms with van der Waals surface area (Å²) in [4.78, 5) is 37.1. The van der Waals surface area contributed by atoms with Crippen LogP contribution in [0.25, 0.3) is 0 Å². The lowest BCUT2D eigenvalue weighted by Crippen LogP contribution is -2.51. The molecule has 3 N–H and O–H groups in total. The second-order valence-electron chi connectivity index (χ2n) is 9.46. The summed E-state index contributed by atoms with van der Waals surface area (Å²) in [5.74, 6) is 7.16. The molecule has 1 aromatic heterocycles. The van der Waals surface area contributed by atoms with Gasteiger partial charge in [-0.1, -0.05) is 24.0 Å². The molecule has 0 aliphatic heterocycles. The van der Waals surface area contributed by atoms with E-state index >= 15 is 0 Å². The van der Waals surface area contributed by atoms with Crippen LogP contribution in [0.15, 0.2) is 42.6 Å². The fourth-order valence-electron chi connectivity index (χ4n) is 3.72. The molecule has 3 rings (SSSR count). The Kier molecular flexibility index (Phi) is 9.80. The SMILES string of the molecule is CNc1nc(Nc2cccc(C#N)c2)ncc1C#C[C@H]1C[C@H](NC(=O)[C@H](C)N(C)C(=O)/C=C/CN(C)C)C1. The minimum atomic E-state index is -0.568. The predicted octanol–water partition coefficient (Wildman–Crippen LogP) is 2.34. The van der Waals surface area contributed by atoms with Gasteiger partial charge >= 0.3 is 0 Å². The number of benzene rings is 1. The van der Waals surface area contributed by atoms with E-state index in [0.29, 0.717) is 29.4 Å². The molecule has 0 unspecified atom stereocenters. The topological polar surface area (TPSA) is 126 Å². The lowest BCUT2D eigenvalue weighted by atomic mass is 9.80. The second kappa shape index (κ2) is 13.2. The lowest BCUT2D eigenvalue weighted by Gasteiger charge is -2.34. The normalized spacial score (nSPS) is 17.0. The van der Waals surface area contributed by atoms with E-state index in [2.05, 4.69) is 43.8 Å². The van der Waals surface area contributed by atoms with Gasteiger partial charge in [-0.25, -0.2) is 4.98 Å². The number of hydrogen-bond acceptors (Lipinski definition) is 8. The number of aromatic nitrogens is 2. The molecule has 10 heteroatoms. The number of carbonyl (C=O) groups excluding carboxylic acids is 2. The molecule has 0 spiro atoms. The number of nitrogens with zero attached hydrogens (tertiary/aromatic N) is 5. The molecular formula is C28H34N8O2. The summed E-state index contributed by atoms with van der Waals surface area (Å²) >= 11 is 0. The van der Waals surface area contributed by atoms with Crippen LogP contribution in [0.2, 0.25) is 0 Å². The number of nitrogens with one attached hydrogen (secondary N) is 3. The molecule has 10 nitrogen and oxygen atoms in total. The van der Waals surface area contributed by atoms with Gasteiger partial charge in [-0.05, 0) is 52.1 Å². The summed E-state index contributed by atoms with van der Waals surface area (Å²) < 4.78 is 0. The number of carbonyl (C=O) groups is 2. The first-order valence-electron chi connectivity index (χ1n) is 12.4. The maximum absolute atomic E-state index is 12.6. The molecule has 38 heavy (non-hydrogen) atoms. The van der Waals surface area contributed by atoms with Crippen molar-refractivity contribution in [2.75, 3.05) is 45.4 Å². The van der Waals surface area contributed by atoms with E-state index in [9.17, 15) is 9.59 Å². The number of anilines is 3. The number of nitriles is 1. The van der Waals surface area contributed by atoms with E-state index in [1.807, 2.05) is 25.1 Å². The summed E-state index contributed by atoms with van der Waals surface area (Å²) in [7, 11) is 7.24. The van der Waals surface area contributed by atoms with Gasteiger partial charge in [0.2, 0.25) is 17.8 Å². The highest BCUT2D eigenvalue weighted by Crippen LogP contribution is 2.27. The lowest BCUT2D eigenvalue weighted by molar-refractivity contribution is -0.135. The quantitative estimate of drug-likeness (QED) is 0.344. The van der Waals surface area contributed by atoms with Crippen LogP contribution in [0.3, 0.4) is 0 Å². The number of rotatable bonds is 9. The van der Waals surface area contributed by atoms with Gasteiger partial charge < -0.3 is 25.8 Å². The van der Waals surface area contributed by atoms with Crippen molar-refractivity contribution < 1.29 is 9.59 Å². The molecule has 1 atom stereocenters. The molecule has 0 saturated heterocycles. The van der Waals surface area contributed by atoms with Crippen molar-refractivity contribution in [2.24, 2.45) is 5.92 Å². The maximum Gasteiger partial charge on any atom is 0.246 e. The summed E-state index contributed by atoms with van der Waals surface area (Å²) in [5, 5.41) is 18.2. The van der Waals surface area contributed by atoms with E-state index in [-0.39, 0.29) is 23.8 Å². The minimum Gasteiger partial charge on any atom is -0.372 e. The van der Waals surface area contributed by atoms with Crippen molar-refractivity contribution in [1.82, 2.24) is 25.1 Å². The van der Waals surface area contributed by atoms with Gasteiger partial charge in [0.25, 0.3) is 0 Å². The van der Waals surface area contributed by atoms with E-state index in [1.54, 1.807) is 51.5 Å². The zero-order valence-corrected chi connectivity index (χ0v) is 22.4. The van der Waals surface area contributed by atoms with Crippen LogP contribution in [-0.2, 0) is 9.59 Å². The minimum absolute atomic E-state index is 0.0350. The summed E-state index contributed by atoms with van der Waals surface area (Å²) in [6.07, 6.45) is 6.42. The van der Waals surface area contributed by atoms with Gasteiger partial charge in [0.15, 0.2) is 0 Å². The molecule has 2 aromatic rings. The Balaban J connectivity index is 1.51. The first kappa shape index (κ1) is 28.2. The van der Waals surface area contributed by atoms with Gasteiger partial charge in [-0.15, -0.1) is 0 Å². The van der Waals surface area contributed by atoms with Gasteiger partial charge in [-0.3, -0.25) is 9.59 Å². The Bertz CT molecular complexity index is 1280. The molecule has 198 valence electrons. The van der Waals surface area contributed by atoms with Gasteiger partial charge in [-0.2, -0.15) is 10.2 Å². The highest BCUT2D eigenvalue weighted by Gasteiger charge is 2.31. The van der Waals surface area contributed by atoms with Crippen LogP contribution in [0, 0.1) is 29.1 Å². The average molecular weight is 515 g/mol. The number of hydrogen-bond donors (Lipinski definition) is 3. The smallest absolute Gasteiger partial charge is 0.246 e. The summed E-state index contributed by atoms with van der Waals surface area (Å²) in [6, 6.07) is 8.65. The van der Waals surface area contributed by atoms with Crippen molar-refractivity contribution >= 4 is 29.3 Å². The highest BCUT2D eigenvalue weighted by atomic mass is 16.2. The molecule has 1 heterocycles. The highest BCUT2D eigenvalue weighted by molar-refractivity contribution is 5.92. The summed E-state index contributed by atoms with van der Waals surface area (Å²) in [6.45, 7) is 2.38. The molecule has 2 amide bonds. The van der Waals surface area contributed by atoms with Crippen molar-refractivity contribution in [2.45, 2.75) is 31.8 Å². The van der Waals surface area contributed by atoms with E-state index in [1.165, 1.54) is 11.0 Å². The van der Waals surface area contributed by atoms with Crippen LogP contribution in [0.1, 0.15) is 30.9 Å². The Hall–Kier alpha value is -4.41. The number of likely N-dealkylation sites (N-methyl/N-ethyl adjacent to an activating group) is 2. The Morgan fingerprint density at radius 1 is 1.26 bits per heavy atom. The molecule has 1 saturated carbocycles. The van der Waals surface area contributed by atoms with E-state index in [0.717, 1.165) is 18.5 Å². The second-order valence-corrected chi connectivity index (χ2v) is 9.46. The van der Waals surface area contributed by atoms with Crippen molar-refractivity contribution in [3.05, 3.63) is 53.7 Å². The monoisotopic (exact) mass is 514 g/mol. The van der Waals surface area contributed by atoms with E-state index in [4.69, 9.17) is 5.26 Å². The molecule has 1 aliphatic carbocycles. The molecule has 0 radical (unpaired) electrons. The largest absolute Gasteiger partial charge is 0.372 e. The third-order valence-corrected chi connectivity index (χ3v) is 6.21. The van der Waals surface area contributed by atoms with Crippen LogP contribution in [0.4, 0.5) is 17.5 Å². The molecule has 0 bridgehead atoms. The molecule has 1 aromatic carbocycles. The molecule has 1 aliphatic rings. The van der Waals surface area contributed by atoms with Crippen LogP contribution >= 0.6 is 0 Å². The standard InChI is InChI=1S/C28H34N8O2/c1-19(36(5)25(37)10-7-13-35(3)4)27(38)32-24-14-20(15-24)11-12-22-18-31-28(34-26(22)30-2)33-23-9-6-8-21(16-23)17-29/h6-10,16,18-20,24H,13-15H2,1-5H3,(H,32,38)(H2,30,31,33,34)/b10-7+/t19-,20-,24-/m0/s1. The van der Waals surface area contributed by atoms with Gasteiger partial charge in [0.1, 0.15) is 11.9 Å². The van der Waals surface area contributed by atoms with E-state index < -0.39 is 6.04 Å². The van der Waals surface area contributed by atoms with Crippen molar-refractivity contribution in [3.63, 3.8) is 0 Å². The number of amides is 2. The Morgan fingerprint density at radius 2 is 2.03 bits per heavy atom. The van der Waals surface area contributed by atoms with Crippen LogP contribution in [0.5, 0.6) is 0 Å². The van der Waals surface area contributed by atoms with Crippen molar-refractivity contribution in [1.29, 1.82) is 5.26 Å². The third kappa shape index (κ3) is 7.79. The van der Waals surface area contributed by atoms with Gasteiger partial charge in [0, 0.05) is 44.4 Å². The Labute approximate surface area is 224 Å². The fraction of sp³-hybridized carbons (Fsp3) is 0.393. The van der Waals surface area contributed by atoms with Crippen LogP contribution in [-0.4, -0.2) is 78.4 Å². The first-order valence-corrected chi connectivity index (χ1v) is 12.4. The third-order valence-electron chi connectivity index (χ3n) is 6.21. The Morgan fingerprint density at radius 3 is 2.71 bits per heavy atom. The average Bonchev–Trinajstić information content (AvgIpc) is 2.89. The predicted molar refractivity (Wildman–Crippen MR) is 147 cm³/mol. The fourth-order valence-corrected chi connectivity index (χ4v) is 3.72. The molecule has 1 fully saturated rings. The first-order chi connectivity index (χ1) is 18.2. The van der Waals surface area contributed by atoms with Crippen LogP contribution < -0.4 is 16.0 Å². The maximum atomic E-state index is 12.6. The zero-order valence-electron chi connectivity index (χ0n) is 22.4. The summed E-state index contributed by atoms with van der Waals surface area (Å²) in [5.41, 5.74) is 1.94. The molecular weight excluding hydrogens is 480 g/mol. The zero-order chi connectivity index (χ0) is 27.7. The van der Waals surface area contributed by atoms with Gasteiger partial charge in [0.05, 0.1) is 23.4 Å². The van der Waals surface area contributed by atoms with Crippen molar-refractivity contribution in [3.8, 4) is 17.9 Å².